The van der Waals surface area contributed by atoms with Gasteiger partial charge in [-0.15, -0.1) is 0 Å². The van der Waals surface area contributed by atoms with Gasteiger partial charge < -0.3 is 9.84 Å². The van der Waals surface area contributed by atoms with Gasteiger partial charge in [-0.1, -0.05) is 19.8 Å². The van der Waals surface area contributed by atoms with Crippen LogP contribution < -0.4 is 0 Å². The number of nitriles is 1. The number of rotatable bonds is 4. The van der Waals surface area contributed by atoms with E-state index in [0.717, 1.165) is 19.3 Å². The maximum atomic E-state index is 11.5. The number of unbranched alkanes of at least 4 members (excludes halogenated alkanes) is 1. The van der Waals surface area contributed by atoms with E-state index in [1.807, 2.05) is 0 Å². The Hall–Kier alpha value is -1.44. The number of esters is 1. The van der Waals surface area contributed by atoms with Gasteiger partial charge in [0.1, 0.15) is 5.76 Å². The number of hydrogen-bond acceptors (Lipinski definition) is 4. The first-order chi connectivity index (χ1) is 8.13. The quantitative estimate of drug-likeness (QED) is 0.599. The van der Waals surface area contributed by atoms with Crippen molar-refractivity contribution in [2.75, 3.05) is 7.11 Å². The number of hydrogen-bond donors (Lipinski definition) is 1. The van der Waals surface area contributed by atoms with Crippen molar-refractivity contribution in [1.29, 1.82) is 5.26 Å². The zero-order valence-electron chi connectivity index (χ0n) is 10.4. The van der Waals surface area contributed by atoms with Crippen molar-refractivity contribution in [1.82, 2.24) is 0 Å². The van der Waals surface area contributed by atoms with E-state index in [0.29, 0.717) is 12.6 Å². The van der Waals surface area contributed by atoms with E-state index >= 15 is 0 Å². The number of carbonyl (C=O) groups is 1. The molecule has 17 heavy (non-hydrogen) atoms. The van der Waals surface area contributed by atoms with Crippen LogP contribution in [0.15, 0.2) is 11.3 Å². The average Bonchev–Trinajstić information content (AvgIpc) is 2.36. The zero-order valence-corrected chi connectivity index (χ0v) is 10.4. The van der Waals surface area contributed by atoms with Gasteiger partial charge in [0.15, 0.2) is 0 Å². The van der Waals surface area contributed by atoms with Crippen LogP contribution in [0.1, 0.15) is 26.2 Å². The van der Waals surface area contributed by atoms with Gasteiger partial charge in [0.05, 0.1) is 12.7 Å². The molecular weight excluding hydrogens is 217 g/mol. The summed E-state index contributed by atoms with van der Waals surface area (Å²) < 4.78 is 4.64. The third kappa shape index (κ3) is 3.26. The van der Waals surface area contributed by atoms with Crippen LogP contribution in [-0.4, -0.2) is 24.9 Å². The Kier molecular flexibility index (Phi) is 5.08. The first-order valence-corrected chi connectivity index (χ1v) is 6.03. The molecule has 4 nitrogen and oxygen atoms in total. The Morgan fingerprint density at radius 2 is 2.41 bits per heavy atom. The average molecular weight is 235 g/mol. The second-order valence-electron chi connectivity index (χ2n) is 4.46. The summed E-state index contributed by atoms with van der Waals surface area (Å²) >= 11 is 0. The molecule has 1 atom stereocenters. The second kappa shape index (κ2) is 6.34. The van der Waals surface area contributed by atoms with E-state index < -0.39 is 5.97 Å². The highest BCUT2D eigenvalue weighted by atomic mass is 16.5. The molecule has 0 aromatic rings. The van der Waals surface area contributed by atoms with Crippen LogP contribution in [0.5, 0.6) is 0 Å². The Labute approximate surface area is 102 Å². The largest absolute Gasteiger partial charge is 0.512 e. The minimum Gasteiger partial charge on any atom is -0.512 e. The van der Waals surface area contributed by atoms with Crippen molar-refractivity contribution in [2.24, 2.45) is 5.92 Å². The third-order valence-corrected chi connectivity index (χ3v) is 3.24. The van der Waals surface area contributed by atoms with E-state index in [9.17, 15) is 9.90 Å². The molecule has 0 bridgehead atoms. The summed E-state index contributed by atoms with van der Waals surface area (Å²) in [6.45, 7) is 1.88. The monoisotopic (exact) mass is 235 g/mol. The van der Waals surface area contributed by atoms with Gasteiger partial charge in [-0.05, 0) is 19.1 Å². The van der Waals surface area contributed by atoms with Crippen LogP contribution in [0, 0.1) is 17.1 Å². The Morgan fingerprint density at radius 3 is 2.94 bits per heavy atom. The molecule has 0 aromatic heterocycles. The summed E-state index contributed by atoms with van der Waals surface area (Å²) in [5.74, 6) is 1.75. The first-order valence-electron chi connectivity index (χ1n) is 6.03. The van der Waals surface area contributed by atoms with Crippen LogP contribution in [-0.2, 0) is 9.53 Å². The van der Waals surface area contributed by atoms with Gasteiger partial charge in [0.2, 0.25) is 0 Å². The highest BCUT2D eigenvalue weighted by Gasteiger charge is 2.34. The fourth-order valence-corrected chi connectivity index (χ4v) is 2.25. The molecule has 5 heteroatoms. The number of aliphatic hydroxyl groups is 1. The summed E-state index contributed by atoms with van der Waals surface area (Å²) in [7, 11) is 1.29. The lowest BCUT2D eigenvalue weighted by Crippen LogP contribution is -2.28. The van der Waals surface area contributed by atoms with Crippen LogP contribution in [0.3, 0.4) is 0 Å². The molecule has 0 fully saturated rings. The Bertz CT molecular complexity index is 359. The van der Waals surface area contributed by atoms with Gasteiger partial charge in [0, 0.05) is 11.9 Å². The zero-order chi connectivity index (χ0) is 12.8. The maximum Gasteiger partial charge on any atom is 0.336 e. The summed E-state index contributed by atoms with van der Waals surface area (Å²) in [6, 6.07) is 0. The molecule has 0 amide bonds. The summed E-state index contributed by atoms with van der Waals surface area (Å²) in [4.78, 5) is 11.5. The Morgan fingerprint density at radius 1 is 1.71 bits per heavy atom. The fraction of sp³-hybridized carbons (Fsp3) is 0.667. The van der Waals surface area contributed by atoms with E-state index in [2.05, 4.69) is 17.6 Å². The maximum absolute atomic E-state index is 11.5. The van der Waals surface area contributed by atoms with Gasteiger partial charge >= 0.3 is 5.97 Å². The highest BCUT2D eigenvalue weighted by molar-refractivity contribution is 6.68. The minimum atomic E-state index is -0.510. The smallest absolute Gasteiger partial charge is 0.336 e. The number of aliphatic hydroxyl groups excluding tert-OH is 1. The fourth-order valence-electron chi connectivity index (χ4n) is 2.25. The van der Waals surface area contributed by atoms with Gasteiger partial charge in [-0.25, -0.2) is 10.1 Å². The van der Waals surface area contributed by atoms with Crippen LogP contribution in [0.2, 0.25) is 12.6 Å². The molecule has 1 rings (SSSR count). The van der Waals surface area contributed by atoms with Crippen molar-refractivity contribution in [3.63, 3.8) is 0 Å². The van der Waals surface area contributed by atoms with E-state index in [4.69, 9.17) is 5.26 Å². The van der Waals surface area contributed by atoms with Gasteiger partial charge in [-0.2, -0.15) is 0 Å². The van der Waals surface area contributed by atoms with Crippen molar-refractivity contribution in [3.8, 4) is 5.97 Å². The summed E-state index contributed by atoms with van der Waals surface area (Å²) in [5, 5.41) is 19.0. The molecule has 1 aliphatic rings. The summed E-state index contributed by atoms with van der Waals surface area (Å²) in [6.07, 6.45) is 3.79. The van der Waals surface area contributed by atoms with Crippen LogP contribution in [0.4, 0.5) is 0 Å². The lowest BCUT2D eigenvalue weighted by atomic mass is 9.40. The molecule has 0 saturated heterocycles. The van der Waals surface area contributed by atoms with Crippen molar-refractivity contribution >= 4 is 12.7 Å². The molecule has 0 saturated carbocycles. The van der Waals surface area contributed by atoms with Crippen molar-refractivity contribution < 1.29 is 14.6 Å². The number of carbonyl (C=O) groups excluding carboxylic acids is 1. The SMILES string of the molecule is CCCCC1CB(C#N)CC(C(=O)OC)=C1O. The summed E-state index contributed by atoms with van der Waals surface area (Å²) in [5.41, 5.74) is 0.284. The molecule has 1 N–H and O–H groups in total. The highest BCUT2D eigenvalue weighted by Crippen LogP contribution is 2.33. The van der Waals surface area contributed by atoms with E-state index in [1.165, 1.54) is 7.11 Å². The number of methoxy groups -OCH3 is 1. The molecule has 0 spiro atoms. The predicted molar refractivity (Wildman–Crippen MR) is 65.7 cm³/mol. The number of ether oxygens (including phenoxy) is 1. The molecule has 1 unspecified atom stereocenters. The second-order valence-corrected chi connectivity index (χ2v) is 4.46. The molecule has 1 aliphatic heterocycles. The van der Waals surface area contributed by atoms with Gasteiger partial charge in [-0.3, -0.25) is 0 Å². The molecule has 1 heterocycles. The lowest BCUT2D eigenvalue weighted by molar-refractivity contribution is -0.136. The van der Waals surface area contributed by atoms with Crippen LogP contribution >= 0.6 is 0 Å². The topological polar surface area (TPSA) is 70.3 Å². The first kappa shape index (κ1) is 13.6. The Balaban J connectivity index is 2.89. The molecule has 92 valence electrons. The predicted octanol–water partition coefficient (Wildman–Crippen LogP) is 2.35. The lowest BCUT2D eigenvalue weighted by Gasteiger charge is -2.25. The molecule has 0 aliphatic carbocycles. The molecular formula is C12H18BNO3. The number of nitrogens with zero attached hydrogens (tertiary/aromatic N) is 1. The van der Waals surface area contributed by atoms with Crippen LogP contribution in [0.25, 0.3) is 0 Å². The van der Waals surface area contributed by atoms with E-state index in [-0.39, 0.29) is 24.0 Å². The van der Waals surface area contributed by atoms with E-state index in [1.54, 1.807) is 0 Å². The normalized spacial score (nSPS) is 20.1. The standard InChI is InChI=1S/C12H18BNO3/c1-3-4-5-9-6-13(8-14)7-10(11(9)15)12(16)17-2/h9,15H,3-7H2,1-2H3. The third-order valence-electron chi connectivity index (χ3n) is 3.24. The molecule has 0 radical (unpaired) electrons. The molecule has 0 aromatic carbocycles. The van der Waals surface area contributed by atoms with Crippen molar-refractivity contribution in [2.45, 2.75) is 38.8 Å². The minimum absolute atomic E-state index is 0.0672. The van der Waals surface area contributed by atoms with Crippen molar-refractivity contribution in [3.05, 3.63) is 11.3 Å². The number of allylic oxidation sites excluding steroid dienone is 1. The van der Waals surface area contributed by atoms with Gasteiger partial charge in [0.25, 0.3) is 6.71 Å².